The molecule has 2 aromatic carbocycles. The average Bonchev–Trinajstić information content (AvgIpc) is 3.24. The smallest absolute Gasteiger partial charge is 0.339 e. The number of fused-ring (bicyclic) bond motifs is 6. The Balaban J connectivity index is 1.68. The largest absolute Gasteiger partial charge is 0.464 e. The van der Waals surface area contributed by atoms with Crippen LogP contribution in [0.4, 0.5) is 0 Å². The third kappa shape index (κ3) is 2.54. The van der Waals surface area contributed by atoms with Crippen LogP contribution in [0.1, 0.15) is 46.6 Å². The molecule has 0 N–H and O–H groups in total. The van der Waals surface area contributed by atoms with Gasteiger partial charge in [-0.2, -0.15) is 0 Å². The maximum absolute atomic E-state index is 13.3. The maximum atomic E-state index is 13.3. The number of ether oxygens (including phenoxy) is 1. The van der Waals surface area contributed by atoms with Crippen molar-refractivity contribution in [2.45, 2.75) is 38.5 Å². The monoisotopic (exact) mass is 414 g/mol. The normalized spacial score (nSPS) is 17.6. The van der Waals surface area contributed by atoms with E-state index in [4.69, 9.17) is 13.6 Å². The van der Waals surface area contributed by atoms with Crippen molar-refractivity contribution in [1.29, 1.82) is 0 Å². The van der Waals surface area contributed by atoms with E-state index in [1.807, 2.05) is 19.1 Å². The van der Waals surface area contributed by atoms with Gasteiger partial charge in [-0.05, 0) is 55.5 Å². The van der Waals surface area contributed by atoms with Crippen LogP contribution in [-0.2, 0) is 17.6 Å². The number of carbonyl (C=O) groups excluding carboxylic acids is 1. The lowest BCUT2D eigenvalue weighted by atomic mass is 9.82. The first-order valence-corrected chi connectivity index (χ1v) is 10.4. The van der Waals surface area contributed by atoms with E-state index in [0.717, 1.165) is 29.5 Å². The average molecular weight is 414 g/mol. The molecule has 0 fully saturated rings. The maximum Gasteiger partial charge on any atom is 0.339 e. The second-order valence-corrected chi connectivity index (χ2v) is 8.26. The predicted octanol–water partition coefficient (Wildman–Crippen LogP) is 4.14. The molecule has 2 aliphatic rings. The van der Waals surface area contributed by atoms with Crippen LogP contribution in [0.15, 0.2) is 55.0 Å². The quantitative estimate of drug-likeness (QED) is 0.264. The molecule has 3 heterocycles. The van der Waals surface area contributed by atoms with Gasteiger partial charge in [0.2, 0.25) is 0 Å². The van der Waals surface area contributed by atoms with Gasteiger partial charge in [0.05, 0.1) is 23.5 Å². The first kappa shape index (κ1) is 18.1. The highest BCUT2D eigenvalue weighted by atomic mass is 16.5. The van der Waals surface area contributed by atoms with E-state index in [2.05, 4.69) is 0 Å². The van der Waals surface area contributed by atoms with Crippen LogP contribution in [0.3, 0.4) is 0 Å². The molecule has 0 radical (unpaired) electrons. The number of carbonyl (C=O) groups is 1. The summed E-state index contributed by atoms with van der Waals surface area (Å²) >= 11 is 0. The van der Waals surface area contributed by atoms with Gasteiger partial charge >= 0.3 is 11.6 Å². The van der Waals surface area contributed by atoms with Crippen LogP contribution in [0, 0.1) is 6.92 Å². The number of rotatable bonds is 1. The molecule has 0 bridgehead atoms. The molecular weight excluding hydrogens is 396 g/mol. The highest BCUT2D eigenvalue weighted by molar-refractivity contribution is 5.95. The molecule has 1 aliphatic heterocycles. The van der Waals surface area contributed by atoms with Crippen LogP contribution < -0.4 is 15.8 Å². The van der Waals surface area contributed by atoms with Crippen molar-refractivity contribution in [2.75, 3.05) is 0 Å². The Morgan fingerprint density at radius 3 is 2.68 bits per heavy atom. The summed E-state index contributed by atoms with van der Waals surface area (Å²) in [4.78, 5) is 38.3. The number of esters is 1. The third-order valence-electron chi connectivity index (χ3n) is 6.48. The van der Waals surface area contributed by atoms with Crippen molar-refractivity contribution in [3.63, 3.8) is 0 Å². The van der Waals surface area contributed by atoms with Gasteiger partial charge < -0.3 is 13.6 Å². The summed E-state index contributed by atoms with van der Waals surface area (Å²) in [5.41, 5.74) is 3.98. The Bertz CT molecular complexity index is 1540. The molecule has 1 atom stereocenters. The molecule has 0 saturated heterocycles. The first-order valence-electron chi connectivity index (χ1n) is 10.4. The Kier molecular flexibility index (Phi) is 3.75. The molecule has 0 saturated carbocycles. The van der Waals surface area contributed by atoms with Gasteiger partial charge in [-0.15, -0.1) is 0 Å². The molecule has 0 amide bonds. The zero-order chi connectivity index (χ0) is 21.3. The van der Waals surface area contributed by atoms with Crippen LogP contribution in [-0.4, -0.2) is 5.97 Å². The van der Waals surface area contributed by atoms with Crippen molar-refractivity contribution in [2.24, 2.45) is 0 Å². The van der Waals surface area contributed by atoms with E-state index in [-0.39, 0.29) is 17.5 Å². The van der Waals surface area contributed by atoms with E-state index in [1.54, 1.807) is 18.2 Å². The molecule has 0 unspecified atom stereocenters. The zero-order valence-corrected chi connectivity index (χ0v) is 16.8. The van der Waals surface area contributed by atoms with Crippen LogP contribution in [0.5, 0.6) is 5.75 Å². The summed E-state index contributed by atoms with van der Waals surface area (Å²) in [5.74, 6) is -0.508. The predicted molar refractivity (Wildman–Crippen MR) is 114 cm³/mol. The molecule has 31 heavy (non-hydrogen) atoms. The number of hydrogen-bond acceptors (Lipinski definition) is 6. The minimum Gasteiger partial charge on any atom is -0.464 e. The van der Waals surface area contributed by atoms with Gasteiger partial charge in [0.25, 0.3) is 0 Å². The SMILES string of the molecule is Cc1cc2oc(=O)c3c(c2c2c1[C@@H](c1coc4ccccc4c1=O)CC(=O)O2)CCC3. The fourth-order valence-corrected chi connectivity index (χ4v) is 5.11. The molecule has 6 heteroatoms. The summed E-state index contributed by atoms with van der Waals surface area (Å²) in [6.07, 6.45) is 3.74. The summed E-state index contributed by atoms with van der Waals surface area (Å²) in [6, 6.07) is 8.87. The van der Waals surface area contributed by atoms with E-state index >= 15 is 0 Å². The molecule has 154 valence electrons. The Morgan fingerprint density at radius 1 is 1.00 bits per heavy atom. The molecular formula is C25H18O6. The van der Waals surface area contributed by atoms with Gasteiger partial charge in [-0.3, -0.25) is 9.59 Å². The summed E-state index contributed by atoms with van der Waals surface area (Å²) in [5, 5.41) is 1.15. The second kappa shape index (κ2) is 6.41. The Labute approximate surface area is 176 Å². The van der Waals surface area contributed by atoms with Crippen molar-refractivity contribution in [3.8, 4) is 5.75 Å². The van der Waals surface area contributed by atoms with E-state index < -0.39 is 11.9 Å². The molecule has 0 spiro atoms. The number of para-hydroxylation sites is 1. The third-order valence-corrected chi connectivity index (χ3v) is 6.48. The fraction of sp³-hybridized carbons (Fsp3) is 0.240. The molecule has 1 aliphatic carbocycles. The van der Waals surface area contributed by atoms with Gasteiger partial charge in [-0.1, -0.05) is 12.1 Å². The van der Waals surface area contributed by atoms with Crippen molar-refractivity contribution >= 4 is 27.9 Å². The van der Waals surface area contributed by atoms with Gasteiger partial charge in [0, 0.05) is 22.6 Å². The van der Waals surface area contributed by atoms with Crippen molar-refractivity contribution in [1.82, 2.24) is 0 Å². The molecule has 2 aromatic heterocycles. The minimum atomic E-state index is -0.495. The van der Waals surface area contributed by atoms with Crippen LogP contribution in [0.25, 0.3) is 21.9 Å². The Hall–Kier alpha value is -3.67. The van der Waals surface area contributed by atoms with E-state index in [1.165, 1.54) is 6.26 Å². The highest BCUT2D eigenvalue weighted by Crippen LogP contribution is 2.46. The summed E-state index contributed by atoms with van der Waals surface area (Å²) in [7, 11) is 0. The summed E-state index contributed by atoms with van der Waals surface area (Å²) < 4.78 is 17.1. The lowest BCUT2D eigenvalue weighted by molar-refractivity contribution is -0.135. The highest BCUT2D eigenvalue weighted by Gasteiger charge is 2.36. The Morgan fingerprint density at radius 2 is 1.81 bits per heavy atom. The topological polar surface area (TPSA) is 86.7 Å². The zero-order valence-electron chi connectivity index (χ0n) is 16.8. The molecule has 4 aromatic rings. The van der Waals surface area contributed by atoms with E-state index in [0.29, 0.717) is 45.2 Å². The fourth-order valence-electron chi connectivity index (χ4n) is 5.11. The first-order chi connectivity index (χ1) is 15.0. The standard InChI is InChI=1S/C25H18O6/c1-12-9-19-22(13-6-4-7-14(13)25(28)30-19)24-21(12)16(10-20(26)31-24)17-11-29-18-8-3-2-5-15(18)23(17)27/h2-3,5,8-9,11,16H,4,6-7,10H2,1H3/t16-/m1/s1. The second-order valence-electron chi connectivity index (χ2n) is 8.26. The molecule has 6 rings (SSSR count). The van der Waals surface area contributed by atoms with Crippen LogP contribution >= 0.6 is 0 Å². The summed E-state index contributed by atoms with van der Waals surface area (Å²) in [6.45, 7) is 1.88. The lowest BCUT2D eigenvalue weighted by Crippen LogP contribution is -2.26. The van der Waals surface area contributed by atoms with Crippen molar-refractivity contribution in [3.05, 3.63) is 85.1 Å². The van der Waals surface area contributed by atoms with Gasteiger partial charge in [0.15, 0.2) is 5.43 Å². The number of benzene rings is 2. The van der Waals surface area contributed by atoms with Gasteiger partial charge in [0.1, 0.15) is 16.9 Å². The molecule has 6 nitrogen and oxygen atoms in total. The van der Waals surface area contributed by atoms with Crippen LogP contribution in [0.2, 0.25) is 0 Å². The van der Waals surface area contributed by atoms with E-state index in [9.17, 15) is 14.4 Å². The van der Waals surface area contributed by atoms with Crippen molar-refractivity contribution < 1.29 is 18.4 Å². The number of aryl methyl sites for hydroxylation is 2. The number of hydrogen-bond donors (Lipinski definition) is 0. The minimum absolute atomic E-state index is 0.0431. The van der Waals surface area contributed by atoms with Gasteiger partial charge in [-0.25, -0.2) is 4.79 Å². The lowest BCUT2D eigenvalue weighted by Gasteiger charge is -2.27.